The number of carbonyl (C=O) groups is 1. The predicted molar refractivity (Wildman–Crippen MR) is 344 cm³/mol. The average Bonchev–Trinajstić information content (AvgIpc) is 1.68. The van der Waals surface area contributed by atoms with E-state index in [-0.39, 0.29) is 29.3 Å². The fraction of sp³-hybridized carbons (Fsp3) is 0.308. The van der Waals surface area contributed by atoms with Crippen molar-refractivity contribution in [1.29, 1.82) is 0 Å². The zero-order valence-corrected chi connectivity index (χ0v) is 52.0. The molecule has 5 N–H and O–H groups in total. The fourth-order valence-corrected chi connectivity index (χ4v) is 15.2. The molecule has 0 spiro atoms. The highest BCUT2D eigenvalue weighted by Gasteiger charge is 2.28. The van der Waals surface area contributed by atoms with Gasteiger partial charge in [-0.3, -0.25) is 19.6 Å². The van der Waals surface area contributed by atoms with Gasteiger partial charge in [-0.25, -0.2) is 4.79 Å². The molecule has 12 rings (SSSR count). The van der Waals surface area contributed by atoms with Gasteiger partial charge in [0.15, 0.2) is 0 Å². The van der Waals surface area contributed by atoms with Gasteiger partial charge in [-0.1, -0.05) is 83.4 Å². The molecule has 8 heterocycles. The van der Waals surface area contributed by atoms with E-state index in [2.05, 4.69) is 127 Å². The number of aryl methyl sites for hydroxylation is 2. The Bertz CT molecular complexity index is 3840. The summed E-state index contributed by atoms with van der Waals surface area (Å²) in [5.74, 6) is 0. The molecule has 0 saturated carbocycles. The van der Waals surface area contributed by atoms with Crippen molar-refractivity contribution < 1.29 is 19.0 Å². The van der Waals surface area contributed by atoms with Crippen LogP contribution in [0.1, 0.15) is 55.6 Å². The number of fused-ring (bicyclic) bond motifs is 4. The molecule has 8 aromatic rings. The Kier molecular flexibility index (Phi) is 18.7. The Balaban J connectivity index is 0.000000179. The smallest absolute Gasteiger partial charge is 0.410 e. The van der Waals surface area contributed by atoms with E-state index in [0.29, 0.717) is 33.0 Å². The number of benzene rings is 4. The van der Waals surface area contributed by atoms with Crippen LogP contribution in [0.15, 0.2) is 182 Å². The lowest BCUT2D eigenvalue weighted by atomic mass is 10.1. The van der Waals surface area contributed by atoms with Crippen molar-refractivity contribution in [1.82, 2.24) is 30.2 Å². The highest BCUT2D eigenvalue weighted by Crippen LogP contribution is 2.54. The minimum Gasteiger partial charge on any atom is -0.444 e. The first-order valence-electron chi connectivity index (χ1n) is 28.5. The van der Waals surface area contributed by atoms with Gasteiger partial charge >= 0.3 is 6.09 Å². The summed E-state index contributed by atoms with van der Waals surface area (Å²) in [5.41, 5.74) is 10.6. The summed E-state index contributed by atoms with van der Waals surface area (Å²) in [6, 6.07) is 44.8. The summed E-state index contributed by atoms with van der Waals surface area (Å²) in [6.45, 7) is 16.5. The highest BCUT2D eigenvalue weighted by molar-refractivity contribution is 8.05. The number of nitrogens with zero attached hydrogens (tertiary/aromatic N) is 5. The van der Waals surface area contributed by atoms with Gasteiger partial charge in [0.25, 0.3) is 0 Å². The van der Waals surface area contributed by atoms with Crippen molar-refractivity contribution in [3.63, 3.8) is 0 Å². The molecule has 20 heteroatoms. The molecule has 440 valence electrons. The van der Waals surface area contributed by atoms with Crippen LogP contribution in [0.5, 0.6) is 0 Å². The number of carbonyl (C=O) groups excluding carboxylic acids is 1. The molecular formula is C65H70N10O6S4. The lowest BCUT2D eigenvalue weighted by molar-refractivity contribution is 0.0291. The molecule has 2 atom stereocenters. The number of aromatic amines is 2. The van der Waals surface area contributed by atoms with E-state index < -0.39 is 5.60 Å². The Morgan fingerprint density at radius 3 is 1.52 bits per heavy atom. The largest absolute Gasteiger partial charge is 0.444 e. The third-order valence-electron chi connectivity index (χ3n) is 14.5. The SMILES string of the molecule is CNCC(Nc1ccc2c(c1)Sc1cccc(-c3cc(N4CCOCC4)cc(=O)[nH]3)c1S2)c1cccc(C)n1.Cc1cccc(C(CN(C)C(=O)OC(C)(C)C)Nc2ccc3c(c2)Sc2cccc(-c4cc(N5CCOCC5)cc(=O)[nH]4)c2S3)n1. The topological polar surface area (TPSA) is 182 Å². The van der Waals surface area contributed by atoms with Crippen LogP contribution in [0, 0.1) is 13.8 Å². The Morgan fingerprint density at radius 2 is 1.06 bits per heavy atom. The number of rotatable bonds is 14. The van der Waals surface area contributed by atoms with E-state index in [9.17, 15) is 14.4 Å². The van der Waals surface area contributed by atoms with E-state index in [1.165, 1.54) is 19.6 Å². The number of amides is 1. The van der Waals surface area contributed by atoms with Crippen molar-refractivity contribution in [3.05, 3.63) is 177 Å². The molecule has 4 aromatic heterocycles. The number of likely N-dealkylation sites (N-methyl/N-ethyl adjacent to an activating group) is 2. The first-order chi connectivity index (χ1) is 41.1. The standard InChI is InChI=1S/C35H39N5O4S2.C30H31N5O2S2/c1-22-8-6-10-26(36-22)28(21-39(5)34(42)44-35(2,3)4)37-23-12-13-29-31(18-23)45-30-11-7-9-25(33(30)46-29)27-19-24(20-32(41)38-27)40-14-16-43-17-15-40;1-19-5-3-7-23(32-19)25(18-31-2)33-20-9-10-26-28(15-20)38-27-8-4-6-22(30(27)39-26)24-16-21(17-29(36)34-24)35-11-13-37-14-12-35/h6-13,18-20,28,37H,14-17,21H2,1-5H3,(H,38,41);3-10,15-17,25,31,33H,11-14,18H2,1-2H3,(H,34,36). The molecule has 85 heavy (non-hydrogen) atoms. The normalized spacial score (nSPS) is 15.2. The zero-order chi connectivity index (χ0) is 59.2. The molecule has 4 aromatic carbocycles. The molecule has 0 aliphatic carbocycles. The number of hydrogen-bond acceptors (Lipinski definition) is 17. The molecular weight excluding hydrogens is 1150 g/mol. The number of anilines is 4. The van der Waals surface area contributed by atoms with Gasteiger partial charge in [0.05, 0.1) is 61.3 Å². The lowest BCUT2D eigenvalue weighted by Gasteiger charge is -2.29. The van der Waals surface area contributed by atoms with Crippen molar-refractivity contribution in [3.8, 4) is 22.5 Å². The van der Waals surface area contributed by atoms with E-state index in [0.717, 1.165) is 120 Å². The number of morpholine rings is 2. The second kappa shape index (κ2) is 26.6. The van der Waals surface area contributed by atoms with Crippen LogP contribution in [0.25, 0.3) is 22.5 Å². The maximum atomic E-state index is 12.8. The first kappa shape index (κ1) is 59.6. The van der Waals surface area contributed by atoms with Gasteiger partial charge in [-0.2, -0.15) is 0 Å². The summed E-state index contributed by atoms with van der Waals surface area (Å²) in [6.07, 6.45) is -0.381. The van der Waals surface area contributed by atoms with E-state index in [4.69, 9.17) is 24.2 Å². The lowest BCUT2D eigenvalue weighted by Crippen LogP contribution is -2.38. The van der Waals surface area contributed by atoms with Crippen molar-refractivity contribution in [2.24, 2.45) is 0 Å². The van der Waals surface area contributed by atoms with E-state index >= 15 is 0 Å². The second-order valence-corrected chi connectivity index (χ2v) is 26.4. The first-order valence-corrected chi connectivity index (χ1v) is 31.8. The Labute approximate surface area is 513 Å². The highest BCUT2D eigenvalue weighted by atomic mass is 32.2. The predicted octanol–water partition coefficient (Wildman–Crippen LogP) is 12.8. The Hall–Kier alpha value is -7.17. The fourth-order valence-electron chi connectivity index (χ4n) is 10.4. The van der Waals surface area contributed by atoms with Gasteiger partial charge in [0.2, 0.25) is 11.1 Å². The summed E-state index contributed by atoms with van der Waals surface area (Å²) < 4.78 is 16.6. The quantitative estimate of drug-likeness (QED) is 0.0693. The second-order valence-electron chi connectivity index (χ2n) is 22.1. The summed E-state index contributed by atoms with van der Waals surface area (Å²) in [7, 11) is 3.71. The van der Waals surface area contributed by atoms with Crippen LogP contribution < -0.4 is 36.9 Å². The number of pyridine rings is 4. The number of hydrogen-bond donors (Lipinski definition) is 5. The third kappa shape index (κ3) is 14.7. The molecule has 1 amide bonds. The molecule has 0 bridgehead atoms. The van der Waals surface area contributed by atoms with Crippen LogP contribution >= 0.6 is 47.0 Å². The van der Waals surface area contributed by atoms with Crippen molar-refractivity contribution >= 4 is 75.9 Å². The van der Waals surface area contributed by atoms with E-state index in [1.807, 2.05) is 72.0 Å². The summed E-state index contributed by atoms with van der Waals surface area (Å²) in [4.78, 5) is 69.2. The molecule has 2 saturated heterocycles. The monoisotopic (exact) mass is 1210 g/mol. The maximum Gasteiger partial charge on any atom is 0.410 e. The average molecular weight is 1220 g/mol. The molecule has 2 fully saturated rings. The zero-order valence-electron chi connectivity index (χ0n) is 48.7. The number of ether oxygens (including phenoxy) is 3. The van der Waals surface area contributed by atoms with Crippen LogP contribution in [-0.4, -0.2) is 116 Å². The molecule has 4 aliphatic rings. The van der Waals surface area contributed by atoms with E-state index in [1.54, 1.807) is 71.1 Å². The number of H-pyrrole nitrogens is 2. The van der Waals surface area contributed by atoms with Gasteiger partial charge < -0.3 is 54.8 Å². The maximum absolute atomic E-state index is 12.8. The van der Waals surface area contributed by atoms with Crippen LogP contribution in [0.3, 0.4) is 0 Å². The van der Waals surface area contributed by atoms with Gasteiger partial charge in [-0.15, -0.1) is 0 Å². The minimum atomic E-state index is -0.583. The van der Waals surface area contributed by atoms with Crippen LogP contribution in [-0.2, 0) is 14.2 Å². The van der Waals surface area contributed by atoms with Crippen LogP contribution in [0.4, 0.5) is 27.5 Å². The van der Waals surface area contributed by atoms with Crippen molar-refractivity contribution in [2.45, 2.75) is 91.5 Å². The van der Waals surface area contributed by atoms with Gasteiger partial charge in [0.1, 0.15) is 5.60 Å². The molecule has 2 unspecified atom stereocenters. The van der Waals surface area contributed by atoms with Crippen molar-refractivity contribution in [2.75, 3.05) is 100 Å². The van der Waals surface area contributed by atoms with Gasteiger partial charge in [-0.05, 0) is 127 Å². The Morgan fingerprint density at radius 1 is 0.600 bits per heavy atom. The number of nitrogens with one attached hydrogen (secondary N) is 5. The van der Waals surface area contributed by atoms with Gasteiger partial charge in [0, 0.05) is 143 Å². The molecule has 16 nitrogen and oxygen atoms in total. The number of aromatic nitrogens is 4. The third-order valence-corrected chi connectivity index (χ3v) is 19.7. The molecule has 0 radical (unpaired) electrons. The molecule has 4 aliphatic heterocycles. The van der Waals surface area contributed by atoms with Crippen LogP contribution in [0.2, 0.25) is 0 Å². The minimum absolute atomic E-state index is 0.0589. The summed E-state index contributed by atoms with van der Waals surface area (Å²) in [5, 5.41) is 10.6. The summed E-state index contributed by atoms with van der Waals surface area (Å²) >= 11 is 6.95.